The third-order valence-corrected chi connectivity index (χ3v) is 2.91. The Bertz CT molecular complexity index is 602. The average Bonchev–Trinajstić information content (AvgIpc) is 2.39. The summed E-state index contributed by atoms with van der Waals surface area (Å²) in [6.45, 7) is 1.98. The summed E-state index contributed by atoms with van der Waals surface area (Å²) in [7, 11) is 0. The molecule has 2 amide bonds. The molecule has 2 rings (SSSR count). The van der Waals surface area contributed by atoms with E-state index in [1.807, 2.05) is 55.6 Å². The number of hydrogen-bond donors (Lipinski definition) is 2. The van der Waals surface area contributed by atoms with E-state index in [4.69, 9.17) is 4.18 Å². The zero-order chi connectivity index (χ0) is 14.4. The second-order valence-corrected chi connectivity index (χ2v) is 4.73. The summed E-state index contributed by atoms with van der Waals surface area (Å²) in [6, 6.07) is 14.6. The van der Waals surface area contributed by atoms with Gasteiger partial charge in [-0.2, -0.15) is 0 Å². The van der Waals surface area contributed by atoms with Crippen molar-refractivity contribution in [2.24, 2.45) is 0 Å². The van der Waals surface area contributed by atoms with Crippen LogP contribution >= 0.6 is 12.0 Å². The first-order valence-electron chi connectivity index (χ1n) is 6.13. The number of nitrogens with one attached hydrogen (secondary N) is 2. The predicted octanol–water partition coefficient (Wildman–Crippen LogP) is 4.30. The van der Waals surface area contributed by atoms with Gasteiger partial charge in [0.1, 0.15) is 5.75 Å². The van der Waals surface area contributed by atoms with Gasteiger partial charge in [0.15, 0.2) is 0 Å². The molecule has 0 aliphatic carbocycles. The van der Waals surface area contributed by atoms with E-state index in [9.17, 15) is 4.79 Å². The molecule has 0 saturated carbocycles. The number of carbonyl (C=O) groups is 1. The van der Waals surface area contributed by atoms with Crippen molar-refractivity contribution >= 4 is 29.4 Å². The maximum Gasteiger partial charge on any atom is 0.323 e. The van der Waals surface area contributed by atoms with E-state index in [1.54, 1.807) is 6.07 Å². The molecule has 20 heavy (non-hydrogen) atoms. The van der Waals surface area contributed by atoms with Crippen LogP contribution in [-0.4, -0.2) is 12.3 Å². The molecule has 0 radical (unpaired) electrons. The van der Waals surface area contributed by atoms with Crippen molar-refractivity contribution in [1.29, 1.82) is 0 Å². The highest BCUT2D eigenvalue weighted by Crippen LogP contribution is 2.20. The number of benzene rings is 2. The molecule has 2 N–H and O–H groups in total. The Kier molecular flexibility index (Phi) is 4.90. The molecule has 0 fully saturated rings. The van der Waals surface area contributed by atoms with E-state index in [1.165, 1.54) is 12.0 Å². The summed E-state index contributed by atoms with van der Waals surface area (Å²) in [5, 5.41) is 5.56. The van der Waals surface area contributed by atoms with Crippen LogP contribution in [0.1, 0.15) is 5.56 Å². The minimum Gasteiger partial charge on any atom is -0.426 e. The van der Waals surface area contributed by atoms with Gasteiger partial charge < -0.3 is 14.8 Å². The van der Waals surface area contributed by atoms with E-state index in [0.717, 1.165) is 11.3 Å². The predicted molar refractivity (Wildman–Crippen MR) is 84.4 cm³/mol. The van der Waals surface area contributed by atoms with Crippen molar-refractivity contribution in [3.63, 3.8) is 0 Å². The first kappa shape index (κ1) is 14.3. The van der Waals surface area contributed by atoms with E-state index in [-0.39, 0.29) is 6.03 Å². The highest BCUT2D eigenvalue weighted by molar-refractivity contribution is 7.94. The fourth-order valence-corrected chi connectivity index (χ4v) is 2.03. The van der Waals surface area contributed by atoms with Gasteiger partial charge in [-0.1, -0.05) is 18.2 Å². The second-order valence-electron chi connectivity index (χ2n) is 4.23. The number of amides is 2. The Labute approximate surface area is 122 Å². The van der Waals surface area contributed by atoms with Gasteiger partial charge in [-0.25, -0.2) is 4.79 Å². The summed E-state index contributed by atoms with van der Waals surface area (Å²) in [5.74, 6) is 0.700. The van der Waals surface area contributed by atoms with Gasteiger partial charge in [-0.15, -0.1) is 0 Å². The normalized spacial score (nSPS) is 9.90. The van der Waals surface area contributed by atoms with Crippen molar-refractivity contribution in [2.75, 3.05) is 16.9 Å². The number of hydrogen-bond acceptors (Lipinski definition) is 3. The summed E-state index contributed by atoms with van der Waals surface area (Å²) in [4.78, 5) is 11.9. The number of aryl methyl sites for hydroxylation is 1. The molecule has 0 aliphatic heterocycles. The third kappa shape index (κ3) is 4.20. The van der Waals surface area contributed by atoms with E-state index in [2.05, 4.69) is 10.6 Å². The van der Waals surface area contributed by atoms with Crippen LogP contribution in [0.15, 0.2) is 48.5 Å². The topological polar surface area (TPSA) is 50.4 Å². The fourth-order valence-electron chi connectivity index (χ4n) is 1.74. The second kappa shape index (κ2) is 6.86. The number of rotatable bonds is 4. The SMILES string of the molecule is CSOc1cccc(NC(=O)Nc2cccc(C)c2)c1. The number of carbonyl (C=O) groups excluding carboxylic acids is 1. The van der Waals surface area contributed by atoms with Crippen LogP contribution in [0.3, 0.4) is 0 Å². The molecule has 0 atom stereocenters. The Hall–Kier alpha value is -2.14. The van der Waals surface area contributed by atoms with Crippen molar-refractivity contribution in [3.8, 4) is 5.75 Å². The monoisotopic (exact) mass is 288 g/mol. The molecule has 0 spiro atoms. The van der Waals surface area contributed by atoms with Crippen LogP contribution in [-0.2, 0) is 0 Å². The fraction of sp³-hybridized carbons (Fsp3) is 0.133. The first-order chi connectivity index (χ1) is 9.67. The lowest BCUT2D eigenvalue weighted by Gasteiger charge is -2.09. The summed E-state index contributed by atoms with van der Waals surface area (Å²) in [6.07, 6.45) is 1.84. The molecule has 2 aromatic rings. The molecular weight excluding hydrogens is 272 g/mol. The van der Waals surface area contributed by atoms with Crippen LogP contribution in [0, 0.1) is 6.92 Å². The highest BCUT2D eigenvalue weighted by atomic mass is 32.2. The molecule has 0 heterocycles. The van der Waals surface area contributed by atoms with Gasteiger partial charge in [0.2, 0.25) is 0 Å². The van der Waals surface area contributed by atoms with Gasteiger partial charge in [0.05, 0.1) is 12.0 Å². The van der Waals surface area contributed by atoms with Crippen LogP contribution < -0.4 is 14.8 Å². The summed E-state index contributed by atoms with van der Waals surface area (Å²) >= 11 is 1.26. The molecule has 0 saturated heterocycles. The minimum absolute atomic E-state index is 0.281. The molecule has 0 aromatic heterocycles. The van der Waals surface area contributed by atoms with Gasteiger partial charge in [-0.05, 0) is 36.8 Å². The summed E-state index contributed by atoms with van der Waals surface area (Å²) in [5.41, 5.74) is 2.54. The Morgan fingerprint density at radius 3 is 2.35 bits per heavy atom. The minimum atomic E-state index is -0.281. The standard InChI is InChI=1S/C15H16N2O2S/c1-11-5-3-6-12(9-11)16-15(18)17-13-7-4-8-14(10-13)19-20-2/h3-10H,1-2H3,(H2,16,17,18). The Balaban J connectivity index is 1.99. The zero-order valence-electron chi connectivity index (χ0n) is 11.3. The Morgan fingerprint density at radius 1 is 1.05 bits per heavy atom. The van der Waals surface area contributed by atoms with Crippen molar-refractivity contribution in [1.82, 2.24) is 0 Å². The van der Waals surface area contributed by atoms with Crippen LogP contribution in [0.2, 0.25) is 0 Å². The largest absolute Gasteiger partial charge is 0.426 e. The smallest absolute Gasteiger partial charge is 0.323 e. The van der Waals surface area contributed by atoms with E-state index in [0.29, 0.717) is 11.4 Å². The first-order valence-corrected chi connectivity index (χ1v) is 7.28. The molecule has 2 aromatic carbocycles. The molecule has 104 valence electrons. The van der Waals surface area contributed by atoms with Gasteiger partial charge in [0.25, 0.3) is 0 Å². The van der Waals surface area contributed by atoms with Crippen LogP contribution in [0.25, 0.3) is 0 Å². The molecule has 0 bridgehead atoms. The highest BCUT2D eigenvalue weighted by Gasteiger charge is 2.04. The quantitative estimate of drug-likeness (QED) is 0.825. The lowest BCUT2D eigenvalue weighted by molar-refractivity contribution is 0.262. The Morgan fingerprint density at radius 2 is 1.70 bits per heavy atom. The molecule has 4 nitrogen and oxygen atoms in total. The van der Waals surface area contributed by atoms with Crippen molar-refractivity contribution < 1.29 is 8.98 Å². The molecule has 0 aliphatic rings. The van der Waals surface area contributed by atoms with E-state index < -0.39 is 0 Å². The van der Waals surface area contributed by atoms with Crippen LogP contribution in [0.5, 0.6) is 5.75 Å². The van der Waals surface area contributed by atoms with Crippen molar-refractivity contribution in [3.05, 3.63) is 54.1 Å². The van der Waals surface area contributed by atoms with Crippen molar-refractivity contribution in [2.45, 2.75) is 6.92 Å². The lowest BCUT2D eigenvalue weighted by Crippen LogP contribution is -2.19. The summed E-state index contributed by atoms with van der Waals surface area (Å²) < 4.78 is 5.31. The molecular formula is C15H16N2O2S. The van der Waals surface area contributed by atoms with E-state index >= 15 is 0 Å². The third-order valence-electron chi connectivity index (χ3n) is 2.55. The molecule has 0 unspecified atom stereocenters. The number of urea groups is 1. The van der Waals surface area contributed by atoms with Gasteiger partial charge in [-0.3, -0.25) is 0 Å². The average molecular weight is 288 g/mol. The lowest BCUT2D eigenvalue weighted by atomic mass is 10.2. The number of anilines is 2. The zero-order valence-corrected chi connectivity index (χ0v) is 12.2. The van der Waals surface area contributed by atoms with Gasteiger partial charge in [0, 0.05) is 23.7 Å². The molecule has 5 heteroatoms. The van der Waals surface area contributed by atoms with Gasteiger partial charge >= 0.3 is 6.03 Å². The maximum absolute atomic E-state index is 11.9. The maximum atomic E-state index is 11.9. The van der Waals surface area contributed by atoms with Crippen LogP contribution in [0.4, 0.5) is 16.2 Å².